The van der Waals surface area contributed by atoms with Crippen LogP contribution in [0.4, 0.5) is 4.79 Å². The number of amides is 4. The van der Waals surface area contributed by atoms with E-state index in [1.807, 2.05) is 24.8 Å². The zero-order valence-corrected chi connectivity index (χ0v) is 20.7. The van der Waals surface area contributed by atoms with Gasteiger partial charge >= 0.3 is 6.03 Å². The molecule has 2 spiro atoms. The van der Waals surface area contributed by atoms with E-state index in [1.54, 1.807) is 0 Å². The van der Waals surface area contributed by atoms with Gasteiger partial charge in [-0.2, -0.15) is 0 Å². The SMILES string of the molecule is CC1c2cc3c(cc2C2(CCCC2)CN1C(=O)CN1C(=O)NC2(CCCCC2C)C1=O)OCCO3. The predicted molar refractivity (Wildman–Crippen MR) is 128 cm³/mol. The van der Waals surface area contributed by atoms with E-state index < -0.39 is 11.6 Å². The van der Waals surface area contributed by atoms with E-state index >= 15 is 0 Å². The minimum atomic E-state index is -0.848. The molecule has 0 aromatic heterocycles. The van der Waals surface area contributed by atoms with Crippen LogP contribution >= 0.6 is 0 Å². The number of imide groups is 1. The maximum atomic E-state index is 13.7. The number of nitrogens with one attached hydrogen (secondary N) is 1. The Balaban J connectivity index is 1.29. The van der Waals surface area contributed by atoms with Crippen LogP contribution in [0.1, 0.15) is 82.4 Å². The van der Waals surface area contributed by atoms with Gasteiger partial charge in [-0.3, -0.25) is 14.5 Å². The van der Waals surface area contributed by atoms with E-state index in [4.69, 9.17) is 9.47 Å². The Labute approximate surface area is 206 Å². The lowest BCUT2D eigenvalue weighted by Gasteiger charge is -2.46. The Kier molecular flexibility index (Phi) is 5.27. The maximum absolute atomic E-state index is 13.7. The van der Waals surface area contributed by atoms with E-state index in [0.29, 0.717) is 26.2 Å². The van der Waals surface area contributed by atoms with Crippen LogP contribution in [-0.2, 0) is 15.0 Å². The highest BCUT2D eigenvalue weighted by Crippen LogP contribution is 2.52. The minimum absolute atomic E-state index is 0.0729. The molecule has 3 heterocycles. The largest absolute Gasteiger partial charge is 0.486 e. The zero-order valence-electron chi connectivity index (χ0n) is 20.7. The molecule has 8 heteroatoms. The van der Waals surface area contributed by atoms with Crippen molar-refractivity contribution in [3.05, 3.63) is 23.3 Å². The molecule has 6 rings (SSSR count). The summed E-state index contributed by atoms with van der Waals surface area (Å²) in [5.74, 6) is 1.19. The molecule has 188 valence electrons. The first-order valence-electron chi connectivity index (χ1n) is 13.2. The number of fused-ring (bicyclic) bond motifs is 3. The number of carbonyl (C=O) groups is 3. The molecule has 3 unspecified atom stereocenters. The van der Waals surface area contributed by atoms with E-state index in [2.05, 4.69) is 11.4 Å². The Morgan fingerprint density at radius 1 is 1.03 bits per heavy atom. The van der Waals surface area contributed by atoms with Gasteiger partial charge < -0.3 is 19.7 Å². The van der Waals surface area contributed by atoms with Crippen LogP contribution < -0.4 is 14.8 Å². The molecule has 35 heavy (non-hydrogen) atoms. The number of rotatable bonds is 2. The number of carbonyl (C=O) groups excluding carboxylic acids is 3. The highest BCUT2D eigenvalue weighted by Gasteiger charge is 2.56. The summed E-state index contributed by atoms with van der Waals surface area (Å²) < 4.78 is 11.7. The maximum Gasteiger partial charge on any atom is 0.325 e. The zero-order chi connectivity index (χ0) is 24.4. The second-order valence-corrected chi connectivity index (χ2v) is 11.2. The molecule has 3 atom stereocenters. The lowest BCUT2D eigenvalue weighted by Crippen LogP contribution is -2.55. The first-order chi connectivity index (χ1) is 16.8. The summed E-state index contributed by atoms with van der Waals surface area (Å²) in [6.07, 6.45) is 7.81. The molecule has 1 saturated heterocycles. The van der Waals surface area contributed by atoms with Crippen molar-refractivity contribution in [2.75, 3.05) is 26.3 Å². The number of benzene rings is 1. The highest BCUT2D eigenvalue weighted by atomic mass is 16.6. The fourth-order valence-electron chi connectivity index (χ4n) is 7.27. The van der Waals surface area contributed by atoms with Crippen LogP contribution in [0.15, 0.2) is 12.1 Å². The monoisotopic (exact) mass is 481 g/mol. The molecular weight excluding hydrogens is 446 g/mol. The second-order valence-electron chi connectivity index (χ2n) is 11.2. The molecule has 3 fully saturated rings. The first kappa shape index (κ1) is 22.7. The summed E-state index contributed by atoms with van der Waals surface area (Å²) in [6.45, 7) is 5.52. The van der Waals surface area contributed by atoms with Crippen molar-refractivity contribution in [3.63, 3.8) is 0 Å². The molecule has 2 aliphatic carbocycles. The predicted octanol–water partition coefficient (Wildman–Crippen LogP) is 3.67. The topological polar surface area (TPSA) is 88.2 Å². The Bertz CT molecular complexity index is 1080. The molecule has 8 nitrogen and oxygen atoms in total. The standard InChI is InChI=1S/C27H35N3O5/c1-17-7-3-4-10-27(17)24(32)29(25(33)28-27)15-23(31)30-16-26(8-5-6-9-26)20-14-22-21(34-11-12-35-22)13-19(20)18(30)2/h13-14,17-18H,3-12,15-16H2,1-2H3,(H,28,33). The molecule has 3 aliphatic heterocycles. The first-order valence-corrected chi connectivity index (χ1v) is 13.2. The van der Waals surface area contributed by atoms with E-state index in [-0.39, 0.29) is 35.7 Å². The lowest BCUT2D eigenvalue weighted by atomic mass is 9.71. The van der Waals surface area contributed by atoms with Gasteiger partial charge in [0.15, 0.2) is 11.5 Å². The summed E-state index contributed by atoms with van der Waals surface area (Å²) in [7, 11) is 0. The summed E-state index contributed by atoms with van der Waals surface area (Å²) in [5, 5.41) is 2.97. The van der Waals surface area contributed by atoms with Gasteiger partial charge in [-0.25, -0.2) is 4.79 Å². The third kappa shape index (κ3) is 3.35. The number of hydrogen-bond donors (Lipinski definition) is 1. The van der Waals surface area contributed by atoms with Crippen molar-refractivity contribution in [1.29, 1.82) is 0 Å². The Morgan fingerprint density at radius 2 is 1.71 bits per heavy atom. The average Bonchev–Trinajstić information content (AvgIpc) is 3.42. The van der Waals surface area contributed by atoms with E-state index in [0.717, 1.165) is 66.9 Å². The van der Waals surface area contributed by atoms with Crippen molar-refractivity contribution < 1.29 is 23.9 Å². The molecule has 0 bridgehead atoms. The van der Waals surface area contributed by atoms with Gasteiger partial charge in [-0.15, -0.1) is 0 Å². The number of ether oxygens (including phenoxy) is 2. The van der Waals surface area contributed by atoms with Gasteiger partial charge in [-0.1, -0.05) is 32.6 Å². The van der Waals surface area contributed by atoms with Crippen molar-refractivity contribution in [2.45, 2.75) is 82.2 Å². The van der Waals surface area contributed by atoms with E-state index in [1.165, 1.54) is 5.56 Å². The van der Waals surface area contributed by atoms with Gasteiger partial charge in [0.1, 0.15) is 25.3 Å². The molecule has 5 aliphatic rings. The third-order valence-corrected chi connectivity index (χ3v) is 9.35. The van der Waals surface area contributed by atoms with Gasteiger partial charge in [0, 0.05) is 12.0 Å². The van der Waals surface area contributed by atoms with Crippen molar-refractivity contribution in [1.82, 2.24) is 15.1 Å². The fraction of sp³-hybridized carbons (Fsp3) is 0.667. The number of nitrogens with zero attached hydrogens (tertiary/aromatic N) is 2. The molecular formula is C27H35N3O5. The van der Waals surface area contributed by atoms with Crippen LogP contribution in [0.25, 0.3) is 0 Å². The van der Waals surface area contributed by atoms with Crippen LogP contribution in [0.2, 0.25) is 0 Å². The number of urea groups is 1. The molecule has 0 radical (unpaired) electrons. The van der Waals surface area contributed by atoms with E-state index in [9.17, 15) is 14.4 Å². The summed E-state index contributed by atoms with van der Waals surface area (Å²) in [5.41, 5.74) is 1.38. The Morgan fingerprint density at radius 3 is 2.43 bits per heavy atom. The third-order valence-electron chi connectivity index (χ3n) is 9.35. The van der Waals surface area contributed by atoms with Crippen LogP contribution in [-0.4, -0.2) is 59.5 Å². The van der Waals surface area contributed by atoms with Gasteiger partial charge in [-0.05, 0) is 61.8 Å². The van der Waals surface area contributed by atoms with Gasteiger partial charge in [0.25, 0.3) is 5.91 Å². The minimum Gasteiger partial charge on any atom is -0.486 e. The van der Waals surface area contributed by atoms with Crippen molar-refractivity contribution >= 4 is 17.8 Å². The van der Waals surface area contributed by atoms with Crippen LogP contribution in [0, 0.1) is 5.92 Å². The second kappa shape index (κ2) is 8.14. The molecule has 1 N–H and O–H groups in total. The molecule has 4 amide bonds. The summed E-state index contributed by atoms with van der Waals surface area (Å²) in [6, 6.07) is 3.57. The molecule has 2 saturated carbocycles. The van der Waals surface area contributed by atoms with Gasteiger partial charge in [0.2, 0.25) is 5.91 Å². The van der Waals surface area contributed by atoms with Crippen LogP contribution in [0.3, 0.4) is 0 Å². The quantitative estimate of drug-likeness (QED) is 0.651. The smallest absolute Gasteiger partial charge is 0.325 e. The highest BCUT2D eigenvalue weighted by molar-refractivity contribution is 6.09. The average molecular weight is 482 g/mol. The molecule has 1 aromatic carbocycles. The summed E-state index contributed by atoms with van der Waals surface area (Å²) >= 11 is 0. The summed E-state index contributed by atoms with van der Waals surface area (Å²) in [4.78, 5) is 43.2. The number of hydrogen-bond acceptors (Lipinski definition) is 5. The normalized spacial score (nSPS) is 31.1. The molecule has 1 aromatic rings. The fourth-order valence-corrected chi connectivity index (χ4v) is 7.27. The van der Waals surface area contributed by atoms with Crippen LogP contribution in [0.5, 0.6) is 11.5 Å². The van der Waals surface area contributed by atoms with Crippen molar-refractivity contribution in [3.8, 4) is 11.5 Å². The lowest BCUT2D eigenvalue weighted by molar-refractivity contribution is -0.142. The van der Waals surface area contributed by atoms with Gasteiger partial charge in [0.05, 0.1) is 6.04 Å². The Hall–Kier alpha value is -2.77. The van der Waals surface area contributed by atoms with Crippen molar-refractivity contribution in [2.24, 2.45) is 5.92 Å².